The number of rotatable bonds is 8. The summed E-state index contributed by atoms with van der Waals surface area (Å²) in [4.78, 5) is 37.8. The summed E-state index contributed by atoms with van der Waals surface area (Å²) in [5.41, 5.74) is 8.74. The van der Waals surface area contributed by atoms with E-state index in [0.717, 1.165) is 11.1 Å². The maximum atomic E-state index is 12.8. The first-order chi connectivity index (χ1) is 19.4. The minimum Gasteiger partial charge on any atom is -0.492 e. The minimum atomic E-state index is -0.476. The lowest BCUT2D eigenvalue weighted by Crippen LogP contribution is -2.48. The lowest BCUT2D eigenvalue weighted by Gasteiger charge is -2.14. The van der Waals surface area contributed by atoms with Crippen LogP contribution in [0.15, 0.2) is 103 Å². The highest BCUT2D eigenvalue weighted by Crippen LogP contribution is 2.18. The second-order valence-electron chi connectivity index (χ2n) is 8.79. The Bertz CT molecular complexity index is 1510. The zero-order valence-electron chi connectivity index (χ0n) is 21.8. The van der Waals surface area contributed by atoms with Gasteiger partial charge in [0.05, 0.1) is 12.2 Å². The summed E-state index contributed by atoms with van der Waals surface area (Å²) in [6, 6.07) is 30.4. The molecular formula is C31H28N4O4S. The van der Waals surface area contributed by atoms with Crippen LogP contribution in [0.3, 0.4) is 0 Å². The molecule has 4 rings (SSSR count). The van der Waals surface area contributed by atoms with Gasteiger partial charge in [-0.15, -0.1) is 0 Å². The van der Waals surface area contributed by atoms with Crippen LogP contribution < -0.4 is 26.2 Å². The Morgan fingerprint density at radius 1 is 0.700 bits per heavy atom. The molecule has 0 atom stereocenters. The lowest BCUT2D eigenvalue weighted by molar-refractivity contribution is 0.0933. The van der Waals surface area contributed by atoms with Gasteiger partial charge in [0.2, 0.25) is 0 Å². The average molecular weight is 553 g/mol. The van der Waals surface area contributed by atoms with E-state index >= 15 is 0 Å². The van der Waals surface area contributed by atoms with E-state index in [0.29, 0.717) is 41.2 Å². The molecule has 0 heterocycles. The molecule has 0 saturated carbocycles. The molecule has 3 amide bonds. The van der Waals surface area contributed by atoms with Crippen LogP contribution in [0.4, 0.5) is 5.69 Å². The van der Waals surface area contributed by atoms with Crippen LogP contribution >= 0.6 is 12.2 Å². The van der Waals surface area contributed by atoms with Crippen molar-refractivity contribution in [3.05, 3.63) is 131 Å². The van der Waals surface area contributed by atoms with E-state index in [-0.39, 0.29) is 11.0 Å². The van der Waals surface area contributed by atoms with Gasteiger partial charge >= 0.3 is 0 Å². The summed E-state index contributed by atoms with van der Waals surface area (Å²) >= 11 is 5.17. The molecule has 0 unspecified atom stereocenters. The number of thiocarbonyl (C=S) groups is 1. The Hall–Kier alpha value is -5.02. The zero-order valence-corrected chi connectivity index (χ0v) is 22.6. The Labute approximate surface area is 237 Å². The summed E-state index contributed by atoms with van der Waals surface area (Å²) in [5.74, 6) is -0.757. The summed E-state index contributed by atoms with van der Waals surface area (Å²) in [7, 11) is 0. The highest BCUT2D eigenvalue weighted by atomic mass is 32.1. The fourth-order valence-electron chi connectivity index (χ4n) is 3.82. The van der Waals surface area contributed by atoms with Crippen molar-refractivity contribution in [1.82, 2.24) is 16.2 Å². The predicted octanol–water partition coefficient (Wildman–Crippen LogP) is 4.82. The number of carbonyl (C=O) groups excluding carboxylic acids is 3. The van der Waals surface area contributed by atoms with Gasteiger partial charge in [-0.3, -0.25) is 30.6 Å². The SMILES string of the molecule is Cc1ccccc1C(=O)Nc1ccc(C(=O)NNC(=S)NC(=O)c2ccccc2OCCc2ccccc2)cc1. The summed E-state index contributed by atoms with van der Waals surface area (Å²) in [6.07, 6.45) is 0.697. The Morgan fingerprint density at radius 3 is 2.08 bits per heavy atom. The Morgan fingerprint density at radius 2 is 1.35 bits per heavy atom. The highest BCUT2D eigenvalue weighted by Gasteiger charge is 2.15. The van der Waals surface area contributed by atoms with Crippen molar-refractivity contribution in [3.63, 3.8) is 0 Å². The van der Waals surface area contributed by atoms with Gasteiger partial charge in [0.1, 0.15) is 5.75 Å². The maximum Gasteiger partial charge on any atom is 0.269 e. The van der Waals surface area contributed by atoms with E-state index < -0.39 is 11.8 Å². The van der Waals surface area contributed by atoms with Crippen LogP contribution in [0.25, 0.3) is 0 Å². The van der Waals surface area contributed by atoms with Gasteiger partial charge in [-0.05, 0) is 72.7 Å². The van der Waals surface area contributed by atoms with Gasteiger partial charge in [0.25, 0.3) is 17.7 Å². The van der Waals surface area contributed by atoms with Gasteiger partial charge < -0.3 is 10.1 Å². The van der Waals surface area contributed by atoms with Gasteiger partial charge in [-0.25, -0.2) is 0 Å². The molecule has 40 heavy (non-hydrogen) atoms. The number of nitrogens with one attached hydrogen (secondary N) is 4. The van der Waals surface area contributed by atoms with E-state index in [1.165, 1.54) is 0 Å². The van der Waals surface area contributed by atoms with Crippen LogP contribution in [0, 0.1) is 6.92 Å². The smallest absolute Gasteiger partial charge is 0.269 e. The zero-order chi connectivity index (χ0) is 28.3. The molecule has 8 nitrogen and oxygen atoms in total. The number of carbonyl (C=O) groups is 3. The first-order valence-corrected chi connectivity index (χ1v) is 13.0. The third-order valence-corrected chi connectivity index (χ3v) is 6.14. The largest absolute Gasteiger partial charge is 0.492 e. The second kappa shape index (κ2) is 13.7. The summed E-state index contributed by atoms with van der Waals surface area (Å²) < 4.78 is 5.84. The standard InChI is InChI=1S/C31H28N4O4S/c1-21-9-5-6-12-25(21)29(37)32-24-17-15-23(16-18-24)28(36)34-35-31(40)33-30(38)26-13-7-8-14-27(26)39-20-19-22-10-3-2-4-11-22/h2-18H,19-20H2,1H3,(H,32,37)(H,34,36)(H2,33,35,38,40). The van der Waals surface area contributed by atoms with Crippen LogP contribution in [0.2, 0.25) is 0 Å². The van der Waals surface area contributed by atoms with E-state index in [2.05, 4.69) is 21.5 Å². The van der Waals surface area contributed by atoms with Crippen molar-refractivity contribution in [2.24, 2.45) is 0 Å². The third kappa shape index (κ3) is 7.75. The van der Waals surface area contributed by atoms with E-state index in [4.69, 9.17) is 17.0 Å². The molecule has 0 radical (unpaired) electrons. The molecule has 0 aliphatic heterocycles. The monoisotopic (exact) mass is 552 g/mol. The summed E-state index contributed by atoms with van der Waals surface area (Å²) in [6.45, 7) is 2.27. The van der Waals surface area contributed by atoms with Crippen molar-refractivity contribution < 1.29 is 19.1 Å². The topological polar surface area (TPSA) is 109 Å². The van der Waals surface area contributed by atoms with Crippen molar-refractivity contribution >= 4 is 40.7 Å². The number of anilines is 1. The fourth-order valence-corrected chi connectivity index (χ4v) is 3.97. The Balaban J connectivity index is 1.25. The van der Waals surface area contributed by atoms with Gasteiger partial charge in [-0.2, -0.15) is 0 Å². The third-order valence-electron chi connectivity index (χ3n) is 5.93. The molecule has 0 aliphatic carbocycles. The van der Waals surface area contributed by atoms with Crippen molar-refractivity contribution in [3.8, 4) is 5.75 Å². The minimum absolute atomic E-state index is 0.0837. The number of amides is 3. The second-order valence-corrected chi connectivity index (χ2v) is 9.20. The first-order valence-electron chi connectivity index (χ1n) is 12.5. The molecule has 0 saturated heterocycles. The van der Waals surface area contributed by atoms with Gasteiger partial charge in [0.15, 0.2) is 5.11 Å². The van der Waals surface area contributed by atoms with Crippen LogP contribution in [0.5, 0.6) is 5.75 Å². The number of para-hydroxylation sites is 1. The number of hydrogen-bond donors (Lipinski definition) is 4. The van der Waals surface area contributed by atoms with Crippen LogP contribution in [0.1, 0.15) is 42.2 Å². The van der Waals surface area contributed by atoms with Crippen molar-refractivity contribution in [2.45, 2.75) is 13.3 Å². The molecule has 9 heteroatoms. The average Bonchev–Trinajstić information content (AvgIpc) is 2.97. The quantitative estimate of drug-likeness (QED) is 0.184. The lowest BCUT2D eigenvalue weighted by atomic mass is 10.1. The molecule has 4 aromatic carbocycles. The predicted molar refractivity (Wildman–Crippen MR) is 158 cm³/mol. The molecule has 202 valence electrons. The number of aryl methyl sites for hydroxylation is 1. The van der Waals surface area contributed by atoms with Crippen LogP contribution in [-0.2, 0) is 6.42 Å². The Kier molecular flexibility index (Phi) is 9.58. The maximum absolute atomic E-state index is 12.8. The molecule has 0 aromatic heterocycles. The molecule has 0 spiro atoms. The molecule has 0 bridgehead atoms. The number of hydrogen-bond acceptors (Lipinski definition) is 5. The fraction of sp³-hybridized carbons (Fsp3) is 0.0968. The van der Waals surface area contributed by atoms with Crippen molar-refractivity contribution in [1.29, 1.82) is 0 Å². The van der Waals surface area contributed by atoms with E-state index in [9.17, 15) is 14.4 Å². The van der Waals surface area contributed by atoms with Gasteiger partial charge in [-0.1, -0.05) is 60.7 Å². The van der Waals surface area contributed by atoms with E-state index in [1.807, 2.05) is 49.4 Å². The first kappa shape index (κ1) is 28.0. The molecule has 4 aromatic rings. The van der Waals surface area contributed by atoms with Gasteiger partial charge in [0, 0.05) is 23.2 Å². The van der Waals surface area contributed by atoms with Crippen LogP contribution in [-0.4, -0.2) is 29.4 Å². The summed E-state index contributed by atoms with van der Waals surface area (Å²) in [5, 5.41) is 5.27. The normalized spacial score (nSPS) is 10.2. The van der Waals surface area contributed by atoms with Crippen molar-refractivity contribution in [2.75, 3.05) is 11.9 Å². The number of hydrazine groups is 1. The van der Waals surface area contributed by atoms with E-state index in [1.54, 1.807) is 60.7 Å². The number of ether oxygens (including phenoxy) is 1. The molecule has 0 fully saturated rings. The molecular weight excluding hydrogens is 524 g/mol. The molecule has 0 aliphatic rings. The molecule has 4 N–H and O–H groups in total. The highest BCUT2D eigenvalue weighted by molar-refractivity contribution is 7.80. The number of benzene rings is 4.